The van der Waals surface area contributed by atoms with Crippen LogP contribution in [0.1, 0.15) is 22.0 Å². The molecule has 1 aromatic rings. The van der Waals surface area contributed by atoms with Crippen molar-refractivity contribution in [1.82, 2.24) is 0 Å². The number of benzene rings is 1. The van der Waals surface area contributed by atoms with Crippen LogP contribution < -0.4 is 15.2 Å². The minimum atomic E-state index is -0.617. The third-order valence-electron chi connectivity index (χ3n) is 2.36. The molecule has 0 fully saturated rings. The number of carbonyl (C=O) groups is 1. The smallest absolute Gasteiger partial charge is 0.171 e. The van der Waals surface area contributed by atoms with Gasteiger partial charge in [-0.25, -0.2) is 0 Å². The third kappa shape index (κ3) is 2.59. The number of aliphatic hydroxyl groups is 1. The molecular weight excluding hydrogens is 290 g/mol. The topological polar surface area (TPSA) is 81.8 Å². The monoisotopic (exact) mass is 303 g/mol. The summed E-state index contributed by atoms with van der Waals surface area (Å²) >= 11 is 3.30. The van der Waals surface area contributed by atoms with E-state index in [1.165, 1.54) is 14.2 Å². The van der Waals surface area contributed by atoms with Crippen molar-refractivity contribution in [3.8, 4) is 11.5 Å². The van der Waals surface area contributed by atoms with Crippen molar-refractivity contribution in [2.45, 2.75) is 6.04 Å². The number of hydrogen-bond donors (Lipinski definition) is 2. The summed E-state index contributed by atoms with van der Waals surface area (Å²) in [6.07, 6.45) is 0.667. The second kappa shape index (κ2) is 6.00. The number of nitrogens with two attached hydrogens (primary N) is 1. The van der Waals surface area contributed by atoms with Crippen LogP contribution in [-0.2, 0) is 0 Å². The molecule has 0 radical (unpaired) electrons. The second-order valence-corrected chi connectivity index (χ2v) is 4.19. The van der Waals surface area contributed by atoms with Gasteiger partial charge in [0.05, 0.1) is 32.4 Å². The number of hydrogen-bond acceptors (Lipinski definition) is 5. The lowest BCUT2D eigenvalue weighted by Crippen LogP contribution is -2.17. The molecule has 0 bridgehead atoms. The highest BCUT2D eigenvalue weighted by Crippen LogP contribution is 2.41. The highest BCUT2D eigenvalue weighted by Gasteiger charge is 2.22. The highest BCUT2D eigenvalue weighted by molar-refractivity contribution is 9.10. The average Bonchev–Trinajstić information content (AvgIpc) is 2.36. The molecule has 0 saturated carbocycles. The van der Waals surface area contributed by atoms with Gasteiger partial charge >= 0.3 is 0 Å². The Morgan fingerprint density at radius 3 is 2.47 bits per heavy atom. The van der Waals surface area contributed by atoms with Crippen LogP contribution in [0.25, 0.3) is 0 Å². The molecule has 0 heterocycles. The second-order valence-electron chi connectivity index (χ2n) is 3.33. The zero-order chi connectivity index (χ0) is 13.0. The Kier molecular flexibility index (Phi) is 4.92. The maximum Gasteiger partial charge on any atom is 0.171 e. The van der Waals surface area contributed by atoms with Gasteiger partial charge in [-0.1, -0.05) is 15.9 Å². The molecule has 0 amide bonds. The largest absolute Gasteiger partial charge is 0.492 e. The minimum absolute atomic E-state index is 0.238. The first kappa shape index (κ1) is 14.0. The molecule has 1 aromatic carbocycles. The summed E-state index contributed by atoms with van der Waals surface area (Å²) in [7, 11) is 2.89. The highest BCUT2D eigenvalue weighted by atomic mass is 79.9. The lowest BCUT2D eigenvalue weighted by Gasteiger charge is -2.19. The van der Waals surface area contributed by atoms with E-state index in [1.54, 1.807) is 6.07 Å². The molecule has 6 heteroatoms. The fourth-order valence-electron chi connectivity index (χ4n) is 1.58. The number of rotatable bonds is 5. The van der Waals surface area contributed by atoms with E-state index in [0.29, 0.717) is 33.4 Å². The summed E-state index contributed by atoms with van der Waals surface area (Å²) in [6, 6.07) is 0.966. The first-order chi connectivity index (χ1) is 8.10. The van der Waals surface area contributed by atoms with Crippen LogP contribution in [0.15, 0.2) is 10.5 Å². The van der Waals surface area contributed by atoms with E-state index in [-0.39, 0.29) is 6.61 Å². The van der Waals surface area contributed by atoms with Gasteiger partial charge in [0, 0.05) is 10.0 Å². The maximum absolute atomic E-state index is 10.9. The van der Waals surface area contributed by atoms with Gasteiger partial charge in [-0.3, -0.25) is 4.79 Å². The van der Waals surface area contributed by atoms with Crippen molar-refractivity contribution in [2.24, 2.45) is 5.73 Å². The van der Waals surface area contributed by atoms with Crippen LogP contribution in [-0.4, -0.2) is 32.2 Å². The van der Waals surface area contributed by atoms with E-state index in [1.807, 2.05) is 0 Å². The molecule has 1 unspecified atom stereocenters. The molecule has 0 aromatic heterocycles. The number of ether oxygens (including phenoxy) is 2. The number of aliphatic hydroxyl groups excluding tert-OH is 1. The quantitative estimate of drug-likeness (QED) is 0.801. The van der Waals surface area contributed by atoms with Crippen molar-refractivity contribution in [3.05, 3.63) is 21.7 Å². The van der Waals surface area contributed by atoms with Gasteiger partial charge in [0.1, 0.15) is 0 Å². The molecule has 94 valence electrons. The first-order valence-corrected chi connectivity index (χ1v) is 5.65. The van der Waals surface area contributed by atoms with E-state index in [2.05, 4.69) is 15.9 Å². The van der Waals surface area contributed by atoms with Crippen LogP contribution in [0.2, 0.25) is 0 Å². The molecule has 1 rings (SSSR count). The molecule has 5 nitrogen and oxygen atoms in total. The van der Waals surface area contributed by atoms with Crippen LogP contribution in [0, 0.1) is 0 Å². The van der Waals surface area contributed by atoms with Crippen molar-refractivity contribution in [2.75, 3.05) is 20.8 Å². The average molecular weight is 304 g/mol. The zero-order valence-corrected chi connectivity index (χ0v) is 11.2. The summed E-state index contributed by atoms with van der Waals surface area (Å²) < 4.78 is 10.9. The maximum atomic E-state index is 10.9. The lowest BCUT2D eigenvalue weighted by molar-refractivity contribution is 0.112. The van der Waals surface area contributed by atoms with Crippen LogP contribution >= 0.6 is 15.9 Å². The van der Waals surface area contributed by atoms with E-state index in [0.717, 1.165) is 0 Å². The van der Waals surface area contributed by atoms with Gasteiger partial charge in [-0.2, -0.15) is 0 Å². The summed E-state index contributed by atoms with van der Waals surface area (Å²) in [4.78, 5) is 10.9. The Hall–Kier alpha value is -1.11. The predicted octanol–water partition coefficient (Wildman–Crippen LogP) is 1.27. The van der Waals surface area contributed by atoms with Gasteiger partial charge in [0.2, 0.25) is 0 Å². The van der Waals surface area contributed by atoms with E-state index in [9.17, 15) is 4.79 Å². The first-order valence-electron chi connectivity index (χ1n) is 4.86. The minimum Gasteiger partial charge on any atom is -0.492 e. The van der Waals surface area contributed by atoms with E-state index < -0.39 is 6.04 Å². The van der Waals surface area contributed by atoms with Crippen molar-refractivity contribution in [1.29, 1.82) is 0 Å². The Balaban J connectivity index is 3.54. The number of aldehydes is 1. The molecule has 1 atom stereocenters. The SMILES string of the molecule is COc1c(C=O)cc(Br)c(C(N)CO)c1OC. The van der Waals surface area contributed by atoms with Crippen LogP contribution in [0.5, 0.6) is 11.5 Å². The summed E-state index contributed by atoms with van der Waals surface area (Å²) in [5.41, 5.74) is 6.70. The molecule has 0 aliphatic rings. The van der Waals surface area contributed by atoms with Crippen molar-refractivity contribution in [3.63, 3.8) is 0 Å². The summed E-state index contributed by atoms with van der Waals surface area (Å²) in [5.74, 6) is 0.662. The van der Waals surface area contributed by atoms with Crippen LogP contribution in [0.3, 0.4) is 0 Å². The van der Waals surface area contributed by atoms with E-state index >= 15 is 0 Å². The van der Waals surface area contributed by atoms with Gasteiger partial charge < -0.3 is 20.3 Å². The predicted molar refractivity (Wildman–Crippen MR) is 66.6 cm³/mol. The fraction of sp³-hybridized carbons (Fsp3) is 0.364. The summed E-state index contributed by atoms with van der Waals surface area (Å²) in [5, 5.41) is 9.11. The molecular formula is C11H14BrNO4. The number of carbonyl (C=O) groups excluding carboxylic acids is 1. The Bertz CT molecular complexity index is 422. The van der Waals surface area contributed by atoms with E-state index in [4.69, 9.17) is 20.3 Å². The Morgan fingerprint density at radius 1 is 1.47 bits per heavy atom. The van der Waals surface area contributed by atoms with Gasteiger partial charge in [0.15, 0.2) is 17.8 Å². The number of methoxy groups -OCH3 is 2. The normalized spacial score (nSPS) is 12.1. The van der Waals surface area contributed by atoms with Gasteiger partial charge in [-0.05, 0) is 6.07 Å². The third-order valence-corrected chi connectivity index (χ3v) is 3.01. The molecule has 0 spiro atoms. The molecule has 3 N–H and O–H groups in total. The zero-order valence-electron chi connectivity index (χ0n) is 9.57. The Labute approximate surface area is 108 Å². The lowest BCUT2D eigenvalue weighted by atomic mass is 10.0. The molecule has 17 heavy (non-hydrogen) atoms. The standard InChI is InChI=1S/C11H14BrNO4/c1-16-10-6(4-14)3-7(12)9(8(13)5-15)11(10)17-2/h3-4,8,15H,5,13H2,1-2H3. The Morgan fingerprint density at radius 2 is 2.06 bits per heavy atom. The number of halogens is 1. The molecule has 0 saturated heterocycles. The molecule has 0 aliphatic carbocycles. The fourth-order valence-corrected chi connectivity index (χ4v) is 2.30. The summed E-state index contributed by atoms with van der Waals surface area (Å²) in [6.45, 7) is -0.238. The van der Waals surface area contributed by atoms with Gasteiger partial charge in [-0.15, -0.1) is 0 Å². The molecule has 0 aliphatic heterocycles. The van der Waals surface area contributed by atoms with Gasteiger partial charge in [0.25, 0.3) is 0 Å². The van der Waals surface area contributed by atoms with Crippen molar-refractivity contribution < 1.29 is 19.4 Å². The van der Waals surface area contributed by atoms with Crippen LogP contribution in [0.4, 0.5) is 0 Å². The van der Waals surface area contributed by atoms with Crippen molar-refractivity contribution >= 4 is 22.2 Å².